The molecule has 0 aromatic heterocycles. The number of ether oxygens (including phenoxy) is 1. The van der Waals surface area contributed by atoms with Crippen molar-refractivity contribution < 1.29 is 14.2 Å². The van der Waals surface area contributed by atoms with Gasteiger partial charge in [0.25, 0.3) is 0 Å². The highest BCUT2D eigenvalue weighted by molar-refractivity contribution is 5.28. The van der Waals surface area contributed by atoms with E-state index in [1.165, 1.54) is 6.07 Å². The van der Waals surface area contributed by atoms with Crippen LogP contribution in [0.1, 0.15) is 32.8 Å². The molecule has 1 fully saturated rings. The second-order valence-corrected chi connectivity index (χ2v) is 7.89. The maximum absolute atomic E-state index is 14.2. The van der Waals surface area contributed by atoms with Crippen LogP contribution < -0.4 is 4.74 Å². The number of rotatable bonds is 6. The first kappa shape index (κ1) is 19.2. The molecule has 4 nitrogen and oxygen atoms in total. The number of methoxy groups -OCH3 is 1. The predicted octanol–water partition coefficient (Wildman–Crippen LogP) is 2.75. The molecular weight excluding hydrogens is 307 g/mol. The van der Waals surface area contributed by atoms with Gasteiger partial charge in [-0.2, -0.15) is 0 Å². The Labute approximate surface area is 145 Å². The van der Waals surface area contributed by atoms with Crippen LogP contribution in [0.3, 0.4) is 0 Å². The zero-order chi connectivity index (χ0) is 17.7. The quantitative estimate of drug-likeness (QED) is 0.865. The summed E-state index contributed by atoms with van der Waals surface area (Å²) in [6, 6.07) is 5.37. The van der Waals surface area contributed by atoms with Crippen LogP contribution in [0.5, 0.6) is 5.75 Å². The van der Waals surface area contributed by atoms with Crippen LogP contribution in [0.4, 0.5) is 4.39 Å². The molecule has 5 heteroatoms. The van der Waals surface area contributed by atoms with Gasteiger partial charge in [0.2, 0.25) is 0 Å². The summed E-state index contributed by atoms with van der Waals surface area (Å²) in [7, 11) is 1.54. The summed E-state index contributed by atoms with van der Waals surface area (Å²) in [5.41, 5.74) is 0.931. The van der Waals surface area contributed by atoms with Crippen LogP contribution in [0.15, 0.2) is 18.2 Å². The smallest absolute Gasteiger partial charge is 0.131 e. The fraction of sp³-hybridized carbons (Fsp3) is 0.684. The number of nitrogens with zero attached hydrogens (tertiary/aromatic N) is 2. The lowest BCUT2D eigenvalue weighted by Gasteiger charge is -2.44. The van der Waals surface area contributed by atoms with Gasteiger partial charge in [-0.15, -0.1) is 0 Å². The van der Waals surface area contributed by atoms with Crippen molar-refractivity contribution >= 4 is 0 Å². The van der Waals surface area contributed by atoms with Gasteiger partial charge < -0.3 is 9.84 Å². The van der Waals surface area contributed by atoms with Crippen molar-refractivity contribution in [1.29, 1.82) is 0 Å². The molecule has 0 radical (unpaired) electrons. The number of piperazine rings is 1. The molecule has 2 rings (SSSR count). The van der Waals surface area contributed by atoms with Crippen LogP contribution >= 0.6 is 0 Å². The van der Waals surface area contributed by atoms with Crippen molar-refractivity contribution in [2.75, 3.05) is 39.9 Å². The van der Waals surface area contributed by atoms with Crippen molar-refractivity contribution in [3.63, 3.8) is 0 Å². The van der Waals surface area contributed by atoms with Crippen LogP contribution in [0, 0.1) is 11.2 Å². The summed E-state index contributed by atoms with van der Waals surface area (Å²) in [4.78, 5) is 4.75. The van der Waals surface area contributed by atoms with E-state index in [9.17, 15) is 9.50 Å². The minimum atomic E-state index is -0.217. The molecule has 1 aliphatic rings. The van der Waals surface area contributed by atoms with E-state index in [-0.39, 0.29) is 17.8 Å². The molecule has 1 aromatic carbocycles. The van der Waals surface area contributed by atoms with Crippen LogP contribution in [-0.4, -0.2) is 60.8 Å². The van der Waals surface area contributed by atoms with E-state index in [1.807, 2.05) is 0 Å². The highest BCUT2D eigenvalue weighted by Crippen LogP contribution is 2.23. The highest BCUT2D eigenvalue weighted by atomic mass is 19.1. The first-order chi connectivity index (χ1) is 11.3. The number of aliphatic hydroxyl groups excluding tert-OH is 1. The minimum Gasteiger partial charge on any atom is -0.497 e. The Bertz CT molecular complexity index is 531. The Hall–Kier alpha value is -1.17. The lowest BCUT2D eigenvalue weighted by Crippen LogP contribution is -2.54. The molecular formula is C19H31FN2O2. The summed E-state index contributed by atoms with van der Waals surface area (Å²) in [6.07, 6.45) is 0.762. The summed E-state index contributed by atoms with van der Waals surface area (Å²) in [6.45, 7) is 11.3. The third-order valence-corrected chi connectivity index (χ3v) is 4.48. The Morgan fingerprint density at radius 1 is 1.29 bits per heavy atom. The third kappa shape index (κ3) is 5.43. The van der Waals surface area contributed by atoms with E-state index in [4.69, 9.17) is 4.74 Å². The van der Waals surface area contributed by atoms with Gasteiger partial charge >= 0.3 is 0 Å². The van der Waals surface area contributed by atoms with Gasteiger partial charge in [0.15, 0.2) is 0 Å². The number of hydrogen-bond donors (Lipinski definition) is 1. The van der Waals surface area contributed by atoms with Crippen LogP contribution in [-0.2, 0) is 6.54 Å². The lowest BCUT2D eigenvalue weighted by molar-refractivity contribution is 0.0336. The van der Waals surface area contributed by atoms with Crippen molar-refractivity contribution in [2.45, 2.75) is 39.8 Å². The Morgan fingerprint density at radius 2 is 2.04 bits per heavy atom. The molecule has 1 atom stereocenters. The Balaban J connectivity index is 2.01. The van der Waals surface area contributed by atoms with Gasteiger partial charge in [-0.1, -0.05) is 26.8 Å². The van der Waals surface area contributed by atoms with Gasteiger partial charge in [-0.05, 0) is 17.9 Å². The van der Waals surface area contributed by atoms with E-state index >= 15 is 0 Å². The molecule has 1 aromatic rings. The summed E-state index contributed by atoms with van der Waals surface area (Å²) >= 11 is 0. The molecule has 1 N–H and O–H groups in total. The molecule has 0 aliphatic carbocycles. The summed E-state index contributed by atoms with van der Waals surface area (Å²) in [5.74, 6) is 0.328. The summed E-state index contributed by atoms with van der Waals surface area (Å²) in [5, 5.41) is 9.39. The largest absolute Gasteiger partial charge is 0.497 e. The monoisotopic (exact) mass is 338 g/mol. The second-order valence-electron chi connectivity index (χ2n) is 7.89. The second kappa shape index (κ2) is 8.28. The zero-order valence-corrected chi connectivity index (χ0v) is 15.4. The van der Waals surface area contributed by atoms with Crippen molar-refractivity contribution in [1.82, 2.24) is 9.80 Å². The standard InChI is InChI=1S/C19H31FN2O2/c1-19(2,3)14-22-9-8-21(13-16(22)7-10-23)12-15-5-6-17(24-4)11-18(15)20/h5-6,11,16,23H,7-10,12-14H2,1-4H3. The van der Waals surface area contributed by atoms with E-state index < -0.39 is 0 Å². The number of aliphatic hydroxyl groups is 1. The Kier molecular flexibility index (Phi) is 6.61. The van der Waals surface area contributed by atoms with Crippen molar-refractivity contribution in [3.8, 4) is 5.75 Å². The van der Waals surface area contributed by atoms with E-state index in [0.29, 0.717) is 23.9 Å². The first-order valence-corrected chi connectivity index (χ1v) is 8.72. The normalized spacial score (nSPS) is 20.3. The van der Waals surface area contributed by atoms with Crippen LogP contribution in [0.25, 0.3) is 0 Å². The number of halogens is 1. The molecule has 1 heterocycles. The van der Waals surface area contributed by atoms with Crippen molar-refractivity contribution in [2.24, 2.45) is 5.41 Å². The molecule has 1 aliphatic heterocycles. The molecule has 0 saturated carbocycles. The van der Waals surface area contributed by atoms with Gasteiger partial charge in [0.1, 0.15) is 11.6 Å². The van der Waals surface area contributed by atoms with Gasteiger partial charge in [0.05, 0.1) is 7.11 Å². The van der Waals surface area contributed by atoms with Crippen LogP contribution in [0.2, 0.25) is 0 Å². The number of benzene rings is 1. The predicted molar refractivity (Wildman–Crippen MR) is 94.7 cm³/mol. The molecule has 0 spiro atoms. The fourth-order valence-corrected chi connectivity index (χ4v) is 3.37. The van der Waals surface area contributed by atoms with Gasteiger partial charge in [-0.25, -0.2) is 4.39 Å². The first-order valence-electron chi connectivity index (χ1n) is 8.72. The molecule has 1 saturated heterocycles. The fourth-order valence-electron chi connectivity index (χ4n) is 3.37. The maximum Gasteiger partial charge on any atom is 0.131 e. The molecule has 0 amide bonds. The SMILES string of the molecule is COc1ccc(CN2CCN(CC(C)(C)C)C(CCO)C2)c(F)c1. The number of hydrogen-bond acceptors (Lipinski definition) is 4. The van der Waals surface area contributed by atoms with Gasteiger partial charge in [-0.3, -0.25) is 9.80 Å². The van der Waals surface area contributed by atoms with E-state index in [1.54, 1.807) is 19.2 Å². The lowest BCUT2D eigenvalue weighted by atomic mass is 9.94. The average molecular weight is 338 g/mol. The topological polar surface area (TPSA) is 35.9 Å². The molecule has 1 unspecified atom stereocenters. The Morgan fingerprint density at radius 3 is 2.62 bits per heavy atom. The molecule has 0 bridgehead atoms. The molecule has 136 valence electrons. The van der Waals surface area contributed by atoms with E-state index in [2.05, 4.69) is 30.6 Å². The van der Waals surface area contributed by atoms with Gasteiger partial charge in [0, 0.05) is 57.0 Å². The minimum absolute atomic E-state index is 0.191. The highest BCUT2D eigenvalue weighted by Gasteiger charge is 2.29. The van der Waals surface area contributed by atoms with E-state index in [0.717, 1.165) is 32.6 Å². The maximum atomic E-state index is 14.2. The third-order valence-electron chi connectivity index (χ3n) is 4.48. The summed E-state index contributed by atoms with van der Waals surface area (Å²) < 4.78 is 19.2. The molecule has 24 heavy (non-hydrogen) atoms. The average Bonchev–Trinajstić information content (AvgIpc) is 2.51. The van der Waals surface area contributed by atoms with Crippen molar-refractivity contribution in [3.05, 3.63) is 29.6 Å². The zero-order valence-electron chi connectivity index (χ0n) is 15.4.